The number of nitrogens with zero attached hydrogens (tertiary/aromatic N) is 2. The lowest BCUT2D eigenvalue weighted by Gasteiger charge is -2.26. The Morgan fingerprint density at radius 3 is 2.70 bits per heavy atom. The van der Waals surface area contributed by atoms with Crippen LogP contribution in [0.25, 0.3) is 0 Å². The molecule has 0 radical (unpaired) electrons. The fraction of sp³-hybridized carbons (Fsp3) is 0.423. The first kappa shape index (κ1) is 21.5. The minimum absolute atomic E-state index is 0.201. The van der Waals surface area contributed by atoms with Crippen LogP contribution < -0.4 is 10.1 Å². The summed E-state index contributed by atoms with van der Waals surface area (Å²) < 4.78 is 5.30. The molecule has 1 aliphatic heterocycles. The molecule has 1 saturated carbocycles. The number of amides is 4. The van der Waals surface area contributed by atoms with Crippen LogP contribution in [0.15, 0.2) is 48.5 Å². The summed E-state index contributed by atoms with van der Waals surface area (Å²) in [5.41, 5.74) is 1.74. The van der Waals surface area contributed by atoms with Crippen molar-refractivity contribution in [3.63, 3.8) is 0 Å². The fourth-order valence-corrected chi connectivity index (χ4v) is 4.97. The molecular formula is C26H29N3O4. The summed E-state index contributed by atoms with van der Waals surface area (Å²) in [5.74, 6) is 0.865. The summed E-state index contributed by atoms with van der Waals surface area (Å²) in [6.07, 6.45) is 4.54. The van der Waals surface area contributed by atoms with Crippen molar-refractivity contribution in [1.29, 1.82) is 0 Å². The number of fused-ring (bicyclic) bond motifs is 2. The Hall–Kier alpha value is -3.35. The Bertz CT molecular complexity index is 1080. The number of rotatable bonds is 8. The second-order valence-electron chi connectivity index (χ2n) is 9.28. The number of aryl methyl sites for hydroxylation is 1. The van der Waals surface area contributed by atoms with Crippen LogP contribution in [0.2, 0.25) is 0 Å². The molecule has 4 amide bonds. The van der Waals surface area contributed by atoms with Crippen molar-refractivity contribution in [1.82, 2.24) is 15.1 Å². The Kier molecular flexibility index (Phi) is 5.56. The van der Waals surface area contributed by atoms with Crippen LogP contribution in [0.3, 0.4) is 0 Å². The van der Waals surface area contributed by atoms with E-state index in [-0.39, 0.29) is 18.4 Å². The SMILES string of the molecule is COc1ccc2c(c1)CCC21NC(=O)N(CC(=O)N(CCC2CC2)Cc2ccccc2)C1=O. The largest absolute Gasteiger partial charge is 0.497 e. The first-order valence-corrected chi connectivity index (χ1v) is 11.6. The van der Waals surface area contributed by atoms with E-state index < -0.39 is 11.6 Å². The van der Waals surface area contributed by atoms with Gasteiger partial charge in [-0.25, -0.2) is 4.79 Å². The van der Waals surface area contributed by atoms with Crippen molar-refractivity contribution in [3.05, 3.63) is 65.2 Å². The fourth-order valence-electron chi connectivity index (χ4n) is 4.97. The highest BCUT2D eigenvalue weighted by molar-refractivity contribution is 6.10. The third-order valence-electron chi connectivity index (χ3n) is 7.08. The second-order valence-corrected chi connectivity index (χ2v) is 9.28. The summed E-state index contributed by atoms with van der Waals surface area (Å²) in [6.45, 7) is 0.870. The monoisotopic (exact) mass is 447 g/mol. The molecular weight excluding hydrogens is 418 g/mol. The number of ether oxygens (including phenoxy) is 1. The first-order valence-electron chi connectivity index (χ1n) is 11.6. The van der Waals surface area contributed by atoms with Crippen LogP contribution >= 0.6 is 0 Å². The first-order chi connectivity index (χ1) is 16.0. The van der Waals surface area contributed by atoms with Gasteiger partial charge in [0.15, 0.2) is 0 Å². The van der Waals surface area contributed by atoms with Gasteiger partial charge in [0.05, 0.1) is 7.11 Å². The van der Waals surface area contributed by atoms with Gasteiger partial charge in [0.1, 0.15) is 17.8 Å². The van der Waals surface area contributed by atoms with E-state index in [9.17, 15) is 14.4 Å². The molecule has 1 saturated heterocycles. The summed E-state index contributed by atoms with van der Waals surface area (Å²) in [5, 5.41) is 2.90. The smallest absolute Gasteiger partial charge is 0.325 e. The number of carbonyl (C=O) groups is 3. The van der Waals surface area contributed by atoms with Crippen molar-refractivity contribution >= 4 is 17.8 Å². The predicted octanol–water partition coefficient (Wildman–Crippen LogP) is 3.22. The molecule has 0 bridgehead atoms. The van der Waals surface area contributed by atoms with Crippen molar-refractivity contribution < 1.29 is 19.1 Å². The minimum atomic E-state index is -1.09. The molecule has 7 heteroatoms. The van der Waals surface area contributed by atoms with Gasteiger partial charge in [-0.3, -0.25) is 14.5 Å². The Morgan fingerprint density at radius 2 is 1.97 bits per heavy atom. The van der Waals surface area contributed by atoms with Crippen LogP contribution in [0.5, 0.6) is 5.75 Å². The van der Waals surface area contributed by atoms with Gasteiger partial charge in [0, 0.05) is 13.1 Å². The average molecular weight is 448 g/mol. The number of methoxy groups -OCH3 is 1. The van der Waals surface area contributed by atoms with Gasteiger partial charge in [0.25, 0.3) is 5.91 Å². The van der Waals surface area contributed by atoms with Crippen LogP contribution in [0, 0.1) is 5.92 Å². The number of imide groups is 1. The zero-order chi connectivity index (χ0) is 23.0. The standard InChI is InChI=1S/C26H29N3O4/c1-33-21-9-10-22-20(15-21)11-13-26(22)24(31)29(25(32)27-26)17-23(30)28(14-12-18-7-8-18)16-19-5-3-2-4-6-19/h2-6,9-10,15,18H,7-8,11-14,16-17H2,1H3,(H,27,32). The van der Waals surface area contributed by atoms with Crippen molar-refractivity contribution in [2.24, 2.45) is 5.92 Å². The van der Waals surface area contributed by atoms with Crippen molar-refractivity contribution in [2.75, 3.05) is 20.2 Å². The molecule has 7 nitrogen and oxygen atoms in total. The molecule has 2 aromatic rings. The molecule has 1 spiro atoms. The molecule has 1 atom stereocenters. The summed E-state index contributed by atoms with van der Waals surface area (Å²) in [6, 6.07) is 14.9. The topological polar surface area (TPSA) is 79.0 Å². The molecule has 2 aromatic carbocycles. The van der Waals surface area contributed by atoms with Crippen LogP contribution in [0.4, 0.5) is 4.79 Å². The van der Waals surface area contributed by atoms with Gasteiger partial charge in [-0.2, -0.15) is 0 Å². The van der Waals surface area contributed by atoms with Crippen LogP contribution in [-0.2, 0) is 28.1 Å². The molecule has 3 aliphatic rings. The van der Waals surface area contributed by atoms with Gasteiger partial charge < -0.3 is 15.0 Å². The third-order valence-corrected chi connectivity index (χ3v) is 7.08. The quantitative estimate of drug-likeness (QED) is 0.631. The molecule has 1 heterocycles. The molecule has 0 aromatic heterocycles. The lowest BCUT2D eigenvalue weighted by atomic mass is 9.91. The zero-order valence-electron chi connectivity index (χ0n) is 18.9. The van der Waals surface area contributed by atoms with Gasteiger partial charge in [-0.1, -0.05) is 49.2 Å². The van der Waals surface area contributed by atoms with Crippen molar-refractivity contribution in [2.45, 2.75) is 44.2 Å². The molecule has 5 rings (SSSR count). The highest BCUT2D eigenvalue weighted by Gasteiger charge is 2.55. The number of hydrogen-bond acceptors (Lipinski definition) is 4. The van der Waals surface area contributed by atoms with E-state index in [4.69, 9.17) is 4.74 Å². The van der Waals surface area contributed by atoms with Gasteiger partial charge in [-0.15, -0.1) is 0 Å². The highest BCUT2D eigenvalue weighted by atomic mass is 16.5. The minimum Gasteiger partial charge on any atom is -0.497 e. The van der Waals surface area contributed by atoms with Gasteiger partial charge in [0.2, 0.25) is 5.91 Å². The van der Waals surface area contributed by atoms with E-state index in [0.717, 1.165) is 33.8 Å². The van der Waals surface area contributed by atoms with E-state index in [1.165, 1.54) is 12.8 Å². The van der Waals surface area contributed by atoms with Crippen LogP contribution in [0.1, 0.15) is 42.4 Å². The maximum Gasteiger partial charge on any atom is 0.325 e. The molecule has 1 N–H and O–H groups in total. The molecule has 2 fully saturated rings. The summed E-state index contributed by atoms with van der Waals surface area (Å²) in [4.78, 5) is 42.5. The average Bonchev–Trinajstić information content (AvgIpc) is 3.55. The maximum absolute atomic E-state index is 13.5. The van der Waals surface area contributed by atoms with E-state index in [0.29, 0.717) is 31.8 Å². The lowest BCUT2D eigenvalue weighted by molar-refractivity contribution is -0.139. The highest BCUT2D eigenvalue weighted by Crippen LogP contribution is 2.42. The molecule has 33 heavy (non-hydrogen) atoms. The third kappa shape index (κ3) is 4.08. The van der Waals surface area contributed by atoms with Crippen molar-refractivity contribution in [3.8, 4) is 5.75 Å². The van der Waals surface area contributed by atoms with Gasteiger partial charge in [-0.05, 0) is 54.0 Å². The number of carbonyl (C=O) groups excluding carboxylic acids is 3. The number of urea groups is 1. The molecule has 2 aliphatic carbocycles. The second kappa shape index (κ2) is 8.54. The van der Waals surface area contributed by atoms with E-state index in [2.05, 4.69) is 5.32 Å². The van der Waals surface area contributed by atoms with E-state index >= 15 is 0 Å². The lowest BCUT2D eigenvalue weighted by Crippen LogP contribution is -2.45. The maximum atomic E-state index is 13.5. The van der Waals surface area contributed by atoms with Gasteiger partial charge >= 0.3 is 6.03 Å². The Labute approximate surface area is 193 Å². The molecule has 172 valence electrons. The van der Waals surface area contributed by atoms with E-state index in [1.54, 1.807) is 18.1 Å². The zero-order valence-corrected chi connectivity index (χ0v) is 18.9. The summed E-state index contributed by atoms with van der Waals surface area (Å²) in [7, 11) is 1.60. The predicted molar refractivity (Wildman–Crippen MR) is 122 cm³/mol. The number of benzene rings is 2. The number of nitrogens with one attached hydrogen (secondary N) is 1. The Morgan fingerprint density at radius 1 is 1.18 bits per heavy atom. The normalized spacial score (nSPS) is 21.3. The van der Waals surface area contributed by atoms with Crippen LogP contribution in [-0.4, -0.2) is 47.8 Å². The number of hydrogen-bond donors (Lipinski definition) is 1. The van der Waals surface area contributed by atoms with E-state index in [1.807, 2.05) is 42.5 Å². The molecule has 1 unspecified atom stereocenters. The Balaban J connectivity index is 1.33. The summed E-state index contributed by atoms with van der Waals surface area (Å²) >= 11 is 0.